The number of halogens is 1. The molecule has 0 unspecified atom stereocenters. The molecule has 5 nitrogen and oxygen atoms in total. The zero-order valence-corrected chi connectivity index (χ0v) is 18.7. The van der Waals surface area contributed by atoms with Crippen molar-refractivity contribution in [3.8, 4) is 23.3 Å². The highest BCUT2D eigenvalue weighted by molar-refractivity contribution is 6.07. The van der Waals surface area contributed by atoms with Gasteiger partial charge in [0.05, 0.1) is 5.56 Å². The van der Waals surface area contributed by atoms with Crippen LogP contribution in [0.5, 0.6) is 11.5 Å². The summed E-state index contributed by atoms with van der Waals surface area (Å²) in [5.74, 6) is 5.95. The van der Waals surface area contributed by atoms with Gasteiger partial charge >= 0.3 is 0 Å². The molecule has 3 aromatic rings. The maximum atomic E-state index is 13.5. The SMILES string of the molecule is Cc1cc(F)ccc1Oc1cc(C#CCC(C)C)ccc1C(=O)Nc1cccc(C(N)=O)c1. The highest BCUT2D eigenvalue weighted by Crippen LogP contribution is 2.30. The number of benzene rings is 3. The van der Waals surface area contributed by atoms with Crippen LogP contribution in [0.25, 0.3) is 0 Å². The molecule has 0 aliphatic carbocycles. The number of aryl methyl sites for hydroxylation is 1. The van der Waals surface area contributed by atoms with Crippen molar-refractivity contribution < 1.29 is 18.7 Å². The number of amides is 2. The topological polar surface area (TPSA) is 81.4 Å². The maximum Gasteiger partial charge on any atom is 0.259 e. The van der Waals surface area contributed by atoms with Gasteiger partial charge in [0.2, 0.25) is 5.91 Å². The van der Waals surface area contributed by atoms with Crippen molar-refractivity contribution in [3.63, 3.8) is 0 Å². The number of hydrogen-bond acceptors (Lipinski definition) is 3. The average molecular weight is 445 g/mol. The Hall–Kier alpha value is -4.11. The molecule has 0 aliphatic heterocycles. The molecule has 0 saturated heterocycles. The molecule has 0 fully saturated rings. The van der Waals surface area contributed by atoms with E-state index in [4.69, 9.17) is 10.5 Å². The Labute approximate surface area is 192 Å². The van der Waals surface area contributed by atoms with Crippen molar-refractivity contribution >= 4 is 17.5 Å². The molecule has 0 aromatic heterocycles. The number of ether oxygens (including phenoxy) is 1. The molecule has 3 N–H and O–H groups in total. The highest BCUT2D eigenvalue weighted by atomic mass is 19.1. The highest BCUT2D eigenvalue weighted by Gasteiger charge is 2.16. The van der Waals surface area contributed by atoms with Crippen LogP contribution in [0.2, 0.25) is 0 Å². The zero-order chi connectivity index (χ0) is 24.0. The van der Waals surface area contributed by atoms with Gasteiger partial charge in [0.1, 0.15) is 17.3 Å². The summed E-state index contributed by atoms with van der Waals surface area (Å²) in [6.45, 7) is 5.89. The third kappa shape index (κ3) is 6.44. The summed E-state index contributed by atoms with van der Waals surface area (Å²) in [5, 5.41) is 2.76. The minimum Gasteiger partial charge on any atom is -0.456 e. The van der Waals surface area contributed by atoms with Crippen LogP contribution in [0, 0.1) is 30.5 Å². The first-order chi connectivity index (χ1) is 15.7. The Morgan fingerprint density at radius 3 is 2.55 bits per heavy atom. The van der Waals surface area contributed by atoms with E-state index in [1.165, 1.54) is 24.3 Å². The van der Waals surface area contributed by atoms with E-state index < -0.39 is 11.8 Å². The van der Waals surface area contributed by atoms with Crippen LogP contribution >= 0.6 is 0 Å². The summed E-state index contributed by atoms with van der Waals surface area (Å²) in [5.41, 5.74) is 7.56. The van der Waals surface area contributed by atoms with E-state index in [-0.39, 0.29) is 22.7 Å². The summed E-state index contributed by atoms with van der Waals surface area (Å²) in [6, 6.07) is 15.6. The van der Waals surface area contributed by atoms with Gasteiger partial charge in [0, 0.05) is 23.2 Å². The second-order valence-corrected chi connectivity index (χ2v) is 8.02. The summed E-state index contributed by atoms with van der Waals surface area (Å²) in [7, 11) is 0. The van der Waals surface area contributed by atoms with Gasteiger partial charge in [0.15, 0.2) is 0 Å². The minimum atomic E-state index is -0.591. The van der Waals surface area contributed by atoms with Crippen molar-refractivity contribution in [1.29, 1.82) is 0 Å². The van der Waals surface area contributed by atoms with Crippen molar-refractivity contribution in [3.05, 3.63) is 88.7 Å². The first-order valence-electron chi connectivity index (χ1n) is 10.5. The van der Waals surface area contributed by atoms with Crippen LogP contribution in [0.4, 0.5) is 10.1 Å². The van der Waals surface area contributed by atoms with Crippen LogP contribution in [-0.2, 0) is 0 Å². The third-order valence-electron chi connectivity index (χ3n) is 4.73. The molecule has 0 heterocycles. The molecule has 0 saturated carbocycles. The van der Waals surface area contributed by atoms with Gasteiger partial charge in [0.25, 0.3) is 5.91 Å². The molecular weight excluding hydrogens is 419 g/mol. The fraction of sp³-hybridized carbons (Fsp3) is 0.185. The average Bonchev–Trinajstić information content (AvgIpc) is 2.75. The molecule has 0 aliphatic rings. The van der Waals surface area contributed by atoms with E-state index in [1.54, 1.807) is 43.3 Å². The van der Waals surface area contributed by atoms with Crippen molar-refractivity contribution in [2.75, 3.05) is 5.32 Å². The second kappa shape index (κ2) is 10.5. The molecule has 2 amide bonds. The van der Waals surface area contributed by atoms with E-state index in [0.717, 1.165) is 6.42 Å². The van der Waals surface area contributed by atoms with Crippen LogP contribution in [0.3, 0.4) is 0 Å². The van der Waals surface area contributed by atoms with Gasteiger partial charge in [-0.15, -0.1) is 0 Å². The number of nitrogens with one attached hydrogen (secondary N) is 1. The Bertz CT molecular complexity index is 1260. The summed E-state index contributed by atoms with van der Waals surface area (Å²) in [4.78, 5) is 24.5. The summed E-state index contributed by atoms with van der Waals surface area (Å²) in [6.07, 6.45) is 0.742. The fourth-order valence-corrected chi connectivity index (χ4v) is 3.02. The van der Waals surface area contributed by atoms with Gasteiger partial charge in [-0.05, 0) is 73.0 Å². The molecule has 33 heavy (non-hydrogen) atoms. The van der Waals surface area contributed by atoms with Gasteiger partial charge in [-0.2, -0.15) is 0 Å². The van der Waals surface area contributed by atoms with Gasteiger partial charge in [-0.1, -0.05) is 31.8 Å². The van der Waals surface area contributed by atoms with Crippen LogP contribution in [0.1, 0.15) is 52.1 Å². The Balaban J connectivity index is 1.96. The predicted octanol–water partition coefficient (Wildman–Crippen LogP) is 5.68. The van der Waals surface area contributed by atoms with E-state index >= 15 is 0 Å². The molecule has 3 aromatic carbocycles. The Morgan fingerprint density at radius 1 is 1.06 bits per heavy atom. The van der Waals surface area contributed by atoms with Gasteiger partial charge in [-0.3, -0.25) is 9.59 Å². The second-order valence-electron chi connectivity index (χ2n) is 8.02. The number of carbonyl (C=O) groups is 2. The molecule has 6 heteroatoms. The smallest absolute Gasteiger partial charge is 0.259 e. The number of hydrogen-bond donors (Lipinski definition) is 2. The lowest BCUT2D eigenvalue weighted by Crippen LogP contribution is -2.15. The van der Waals surface area contributed by atoms with Gasteiger partial charge < -0.3 is 15.8 Å². The number of primary amides is 1. The van der Waals surface area contributed by atoms with E-state index in [0.29, 0.717) is 28.5 Å². The monoisotopic (exact) mass is 444 g/mol. The molecular formula is C27H25FN2O3. The lowest BCUT2D eigenvalue weighted by molar-refractivity contribution is 0.0995. The fourth-order valence-electron chi connectivity index (χ4n) is 3.02. The molecule has 3 rings (SSSR count). The van der Waals surface area contributed by atoms with Crippen molar-refractivity contribution in [2.45, 2.75) is 27.2 Å². The minimum absolute atomic E-state index is 0.262. The number of rotatable bonds is 6. The number of carbonyl (C=O) groups excluding carboxylic acids is 2. The van der Waals surface area contributed by atoms with Gasteiger partial charge in [-0.25, -0.2) is 4.39 Å². The first-order valence-corrected chi connectivity index (χ1v) is 10.5. The molecule has 0 spiro atoms. The lowest BCUT2D eigenvalue weighted by Gasteiger charge is -2.14. The van der Waals surface area contributed by atoms with Crippen LogP contribution in [0.15, 0.2) is 60.7 Å². The molecule has 0 bridgehead atoms. The Kier molecular flexibility index (Phi) is 7.47. The number of anilines is 1. The normalized spacial score (nSPS) is 10.3. The summed E-state index contributed by atoms with van der Waals surface area (Å²) < 4.78 is 19.5. The Morgan fingerprint density at radius 2 is 1.85 bits per heavy atom. The number of nitrogens with two attached hydrogens (primary N) is 1. The largest absolute Gasteiger partial charge is 0.456 e. The lowest BCUT2D eigenvalue weighted by atomic mass is 10.1. The maximum absolute atomic E-state index is 13.5. The summed E-state index contributed by atoms with van der Waals surface area (Å²) >= 11 is 0. The molecule has 168 valence electrons. The van der Waals surface area contributed by atoms with E-state index in [9.17, 15) is 14.0 Å². The molecule has 0 atom stereocenters. The zero-order valence-electron chi connectivity index (χ0n) is 18.7. The third-order valence-corrected chi connectivity index (χ3v) is 4.73. The standard InChI is InChI=1S/C27H25FN2O3/c1-17(2)6-4-7-19-10-12-23(25(15-19)33-24-13-11-21(28)14-18(24)3)27(32)30-22-9-5-8-20(16-22)26(29)31/h5,8-17H,6H2,1-3H3,(H2,29,31)(H,30,32). The quantitative estimate of drug-likeness (QED) is 0.480. The van der Waals surface area contributed by atoms with Crippen LogP contribution < -0.4 is 15.8 Å². The molecule has 0 radical (unpaired) electrons. The first kappa shape index (κ1) is 23.6. The predicted molar refractivity (Wildman–Crippen MR) is 127 cm³/mol. The van der Waals surface area contributed by atoms with Crippen molar-refractivity contribution in [2.24, 2.45) is 11.7 Å². The van der Waals surface area contributed by atoms with E-state index in [1.807, 2.05) is 0 Å². The van der Waals surface area contributed by atoms with Crippen molar-refractivity contribution in [1.82, 2.24) is 0 Å². The van der Waals surface area contributed by atoms with E-state index in [2.05, 4.69) is 31.0 Å². The van der Waals surface area contributed by atoms with Crippen LogP contribution in [-0.4, -0.2) is 11.8 Å².